The lowest BCUT2D eigenvalue weighted by Crippen LogP contribution is -2.30. The molecule has 30 heavy (non-hydrogen) atoms. The predicted molar refractivity (Wildman–Crippen MR) is 115 cm³/mol. The van der Waals surface area contributed by atoms with Crippen LogP contribution in [0.15, 0.2) is 78.2 Å². The van der Waals surface area contributed by atoms with Gasteiger partial charge in [-0.15, -0.1) is 0 Å². The Morgan fingerprint density at radius 3 is 2.47 bits per heavy atom. The van der Waals surface area contributed by atoms with E-state index in [2.05, 4.69) is 10.3 Å². The number of aryl methyl sites for hydroxylation is 1. The van der Waals surface area contributed by atoms with Crippen LogP contribution < -0.4 is 5.32 Å². The highest BCUT2D eigenvalue weighted by Crippen LogP contribution is 2.18. The number of hydrogen-bond donors (Lipinski definition) is 1. The second-order valence-electron chi connectivity index (χ2n) is 6.85. The fraction of sp³-hybridized carbons (Fsp3) is 0.273. The number of carbonyl (C=O) groups is 1. The molecule has 0 spiro atoms. The SMILES string of the molecule is CCN(Cc1ccc(C(=O)NCCCn2ccnc2)cc1)S(=O)(=O)c1ccccc1. The summed E-state index contributed by atoms with van der Waals surface area (Å²) in [5.74, 6) is -0.142. The minimum absolute atomic E-state index is 0.142. The third-order valence-electron chi connectivity index (χ3n) is 4.75. The zero-order chi connectivity index (χ0) is 21.4. The normalized spacial score (nSPS) is 11.5. The van der Waals surface area contributed by atoms with Crippen molar-refractivity contribution in [1.29, 1.82) is 0 Å². The summed E-state index contributed by atoms with van der Waals surface area (Å²) in [7, 11) is -3.56. The fourth-order valence-electron chi connectivity index (χ4n) is 3.06. The van der Waals surface area contributed by atoms with Crippen LogP contribution in [0, 0.1) is 0 Å². The highest BCUT2D eigenvalue weighted by molar-refractivity contribution is 7.89. The molecule has 2 aromatic carbocycles. The minimum Gasteiger partial charge on any atom is -0.352 e. The zero-order valence-corrected chi connectivity index (χ0v) is 17.8. The molecule has 1 amide bonds. The molecule has 0 atom stereocenters. The maximum absolute atomic E-state index is 12.8. The standard InChI is InChI=1S/C22H26N4O3S/c1-2-26(30(28,29)21-7-4-3-5-8-21)17-19-9-11-20(12-10-19)22(27)24-13-6-15-25-16-14-23-18-25/h3-5,7-12,14,16,18H,2,6,13,15,17H2,1H3,(H,24,27). The van der Waals surface area contributed by atoms with Crippen LogP contribution in [-0.4, -0.2) is 41.3 Å². The Hall–Kier alpha value is -2.97. The van der Waals surface area contributed by atoms with Crippen LogP contribution in [0.4, 0.5) is 0 Å². The van der Waals surface area contributed by atoms with E-state index in [0.29, 0.717) is 18.7 Å². The van der Waals surface area contributed by atoms with E-state index in [1.165, 1.54) is 4.31 Å². The molecule has 0 aliphatic rings. The summed E-state index contributed by atoms with van der Waals surface area (Å²) >= 11 is 0. The van der Waals surface area contributed by atoms with Crippen molar-refractivity contribution >= 4 is 15.9 Å². The summed E-state index contributed by atoms with van der Waals surface area (Å²) in [4.78, 5) is 16.6. The molecule has 0 unspecified atom stereocenters. The molecule has 0 radical (unpaired) electrons. The van der Waals surface area contributed by atoms with Gasteiger partial charge in [0.05, 0.1) is 11.2 Å². The Labute approximate surface area is 177 Å². The molecule has 0 saturated heterocycles. The van der Waals surface area contributed by atoms with Crippen LogP contribution in [0.25, 0.3) is 0 Å². The van der Waals surface area contributed by atoms with Crippen molar-refractivity contribution in [2.45, 2.75) is 31.3 Å². The van der Waals surface area contributed by atoms with E-state index < -0.39 is 10.0 Å². The molecular weight excluding hydrogens is 400 g/mol. The summed E-state index contributed by atoms with van der Waals surface area (Å²) in [6.07, 6.45) is 6.17. The first-order valence-corrected chi connectivity index (χ1v) is 11.3. The van der Waals surface area contributed by atoms with E-state index >= 15 is 0 Å². The highest BCUT2D eigenvalue weighted by atomic mass is 32.2. The average Bonchev–Trinajstić information content (AvgIpc) is 3.29. The Morgan fingerprint density at radius 2 is 1.83 bits per heavy atom. The molecule has 0 saturated carbocycles. The summed E-state index contributed by atoms with van der Waals surface area (Å²) in [5.41, 5.74) is 1.38. The number of carbonyl (C=O) groups excluding carboxylic acids is 1. The first-order valence-electron chi connectivity index (χ1n) is 9.89. The number of hydrogen-bond acceptors (Lipinski definition) is 4. The third kappa shape index (κ3) is 5.55. The van der Waals surface area contributed by atoms with Gasteiger partial charge in [-0.2, -0.15) is 4.31 Å². The lowest BCUT2D eigenvalue weighted by molar-refractivity contribution is 0.0952. The lowest BCUT2D eigenvalue weighted by atomic mass is 10.1. The maximum atomic E-state index is 12.8. The largest absolute Gasteiger partial charge is 0.352 e. The molecule has 0 aliphatic carbocycles. The first kappa shape index (κ1) is 21.7. The van der Waals surface area contributed by atoms with Gasteiger partial charge in [0.2, 0.25) is 10.0 Å². The zero-order valence-electron chi connectivity index (χ0n) is 16.9. The van der Waals surface area contributed by atoms with Gasteiger partial charge in [0.1, 0.15) is 0 Å². The Morgan fingerprint density at radius 1 is 1.10 bits per heavy atom. The van der Waals surface area contributed by atoms with Gasteiger partial charge in [-0.25, -0.2) is 13.4 Å². The molecule has 158 valence electrons. The summed E-state index contributed by atoms with van der Waals surface area (Å²) in [5, 5.41) is 2.90. The van der Waals surface area contributed by atoms with E-state index in [1.54, 1.807) is 67.1 Å². The Balaban J connectivity index is 1.55. The van der Waals surface area contributed by atoms with Crippen LogP contribution in [0.5, 0.6) is 0 Å². The minimum atomic E-state index is -3.56. The molecule has 0 fully saturated rings. The monoisotopic (exact) mass is 426 g/mol. The van der Waals surface area contributed by atoms with E-state index in [1.807, 2.05) is 17.7 Å². The van der Waals surface area contributed by atoms with Gasteiger partial charge < -0.3 is 9.88 Å². The van der Waals surface area contributed by atoms with E-state index in [9.17, 15) is 13.2 Å². The summed E-state index contributed by atoms with van der Waals surface area (Å²) in [6, 6.07) is 15.4. The van der Waals surface area contributed by atoms with Crippen LogP contribution in [0.3, 0.4) is 0 Å². The second-order valence-corrected chi connectivity index (χ2v) is 8.79. The molecular formula is C22H26N4O3S. The number of sulfonamides is 1. The van der Waals surface area contributed by atoms with Crippen LogP contribution in [-0.2, 0) is 23.1 Å². The number of aromatic nitrogens is 2. The predicted octanol–water partition coefficient (Wildman–Crippen LogP) is 2.91. The second kappa shape index (κ2) is 10.2. The van der Waals surface area contributed by atoms with E-state index in [-0.39, 0.29) is 17.3 Å². The van der Waals surface area contributed by atoms with Crippen LogP contribution in [0.2, 0.25) is 0 Å². The average molecular weight is 427 g/mol. The molecule has 7 nitrogen and oxygen atoms in total. The van der Waals surface area contributed by atoms with Crippen LogP contribution in [0.1, 0.15) is 29.3 Å². The molecule has 8 heteroatoms. The quantitative estimate of drug-likeness (QED) is 0.505. The van der Waals surface area contributed by atoms with Gasteiger partial charge in [0.15, 0.2) is 0 Å². The first-order chi connectivity index (χ1) is 14.5. The van der Waals surface area contributed by atoms with Crippen molar-refractivity contribution in [3.05, 3.63) is 84.4 Å². The highest BCUT2D eigenvalue weighted by Gasteiger charge is 2.22. The molecule has 0 aliphatic heterocycles. The number of amides is 1. The molecule has 0 bridgehead atoms. The van der Waals surface area contributed by atoms with Gasteiger partial charge in [0, 0.05) is 44.1 Å². The van der Waals surface area contributed by atoms with Crippen molar-refractivity contribution in [2.24, 2.45) is 0 Å². The lowest BCUT2D eigenvalue weighted by Gasteiger charge is -2.20. The van der Waals surface area contributed by atoms with Crippen molar-refractivity contribution in [3.8, 4) is 0 Å². The van der Waals surface area contributed by atoms with E-state index in [4.69, 9.17) is 0 Å². The Bertz CT molecular complexity index is 1030. The number of rotatable bonds is 10. The van der Waals surface area contributed by atoms with Gasteiger partial charge >= 0.3 is 0 Å². The smallest absolute Gasteiger partial charge is 0.251 e. The van der Waals surface area contributed by atoms with Crippen molar-refractivity contribution in [3.63, 3.8) is 0 Å². The van der Waals surface area contributed by atoms with Gasteiger partial charge in [-0.05, 0) is 36.2 Å². The van der Waals surface area contributed by atoms with Gasteiger partial charge in [-0.1, -0.05) is 37.3 Å². The number of imidazole rings is 1. The fourth-order valence-corrected chi connectivity index (χ4v) is 4.52. The van der Waals surface area contributed by atoms with Gasteiger partial charge in [-0.3, -0.25) is 4.79 Å². The summed E-state index contributed by atoms with van der Waals surface area (Å²) < 4.78 is 29.0. The van der Waals surface area contributed by atoms with Crippen molar-refractivity contribution < 1.29 is 13.2 Å². The molecule has 3 aromatic rings. The number of benzene rings is 2. The Kier molecular flexibility index (Phi) is 7.37. The van der Waals surface area contributed by atoms with Crippen molar-refractivity contribution in [2.75, 3.05) is 13.1 Å². The van der Waals surface area contributed by atoms with E-state index in [0.717, 1.165) is 18.5 Å². The maximum Gasteiger partial charge on any atom is 0.251 e. The topological polar surface area (TPSA) is 84.3 Å². The van der Waals surface area contributed by atoms with Crippen LogP contribution >= 0.6 is 0 Å². The van der Waals surface area contributed by atoms with Crippen molar-refractivity contribution in [1.82, 2.24) is 19.2 Å². The molecule has 1 N–H and O–H groups in total. The van der Waals surface area contributed by atoms with Gasteiger partial charge in [0.25, 0.3) is 5.91 Å². The third-order valence-corrected chi connectivity index (χ3v) is 6.68. The molecule has 3 rings (SSSR count). The molecule has 1 aromatic heterocycles. The number of nitrogens with zero attached hydrogens (tertiary/aromatic N) is 3. The summed E-state index contributed by atoms with van der Waals surface area (Å²) in [6.45, 7) is 3.78. The number of nitrogens with one attached hydrogen (secondary N) is 1. The molecule has 1 heterocycles.